The number of rotatable bonds is 4. The quantitative estimate of drug-likeness (QED) is 0.660. The topological polar surface area (TPSA) is 94.1 Å². The molecule has 0 aliphatic carbocycles. The number of hydrogen-bond donors (Lipinski definition) is 1. The maximum absolute atomic E-state index is 13.3. The van der Waals surface area contributed by atoms with Gasteiger partial charge in [-0.05, 0) is 18.6 Å². The molecule has 1 aromatic carbocycles. The Kier molecular flexibility index (Phi) is 3.18. The first-order valence-electron chi connectivity index (χ1n) is 5.01. The van der Waals surface area contributed by atoms with Gasteiger partial charge in [-0.15, -0.1) is 0 Å². The highest BCUT2D eigenvalue weighted by Gasteiger charge is 2.17. The van der Waals surface area contributed by atoms with E-state index in [0.29, 0.717) is 11.4 Å². The number of benzene rings is 1. The van der Waals surface area contributed by atoms with Crippen molar-refractivity contribution in [2.75, 3.05) is 5.32 Å². The molecule has 94 valence electrons. The van der Waals surface area contributed by atoms with Crippen molar-refractivity contribution in [2.24, 2.45) is 0 Å². The Labute approximate surface area is 101 Å². The molecule has 0 atom stereocenters. The van der Waals surface area contributed by atoms with Gasteiger partial charge in [0.2, 0.25) is 6.39 Å². The molecule has 8 heteroatoms. The average molecular weight is 252 g/mol. The minimum atomic E-state index is -0.652. The summed E-state index contributed by atoms with van der Waals surface area (Å²) >= 11 is 0. The van der Waals surface area contributed by atoms with E-state index in [4.69, 9.17) is 0 Å². The van der Waals surface area contributed by atoms with Gasteiger partial charge in [0.1, 0.15) is 11.5 Å². The molecule has 1 heterocycles. The maximum Gasteiger partial charge on any atom is 0.295 e. The summed E-state index contributed by atoms with van der Waals surface area (Å²) in [7, 11) is 0. The van der Waals surface area contributed by atoms with Crippen molar-refractivity contribution in [3.8, 4) is 0 Å². The SMILES string of the molecule is Cc1cc(NCc2ncon2)c([N+](=O)[O-])cc1F. The number of nitro groups is 1. The van der Waals surface area contributed by atoms with Crippen molar-refractivity contribution in [1.29, 1.82) is 0 Å². The van der Waals surface area contributed by atoms with Gasteiger partial charge in [0.15, 0.2) is 5.82 Å². The molecule has 0 bridgehead atoms. The maximum atomic E-state index is 13.3. The first kappa shape index (κ1) is 12.0. The highest BCUT2D eigenvalue weighted by Crippen LogP contribution is 2.27. The molecule has 2 aromatic rings. The zero-order valence-electron chi connectivity index (χ0n) is 9.38. The zero-order chi connectivity index (χ0) is 13.1. The molecule has 0 amide bonds. The lowest BCUT2D eigenvalue weighted by molar-refractivity contribution is -0.384. The Balaban J connectivity index is 2.25. The summed E-state index contributed by atoms with van der Waals surface area (Å²) in [6.07, 6.45) is 1.15. The number of nitrogens with one attached hydrogen (secondary N) is 1. The molecule has 7 nitrogen and oxygen atoms in total. The van der Waals surface area contributed by atoms with Gasteiger partial charge in [-0.2, -0.15) is 4.98 Å². The molecule has 0 aliphatic heterocycles. The van der Waals surface area contributed by atoms with Crippen molar-refractivity contribution in [3.63, 3.8) is 0 Å². The van der Waals surface area contributed by atoms with Gasteiger partial charge in [-0.1, -0.05) is 5.16 Å². The van der Waals surface area contributed by atoms with E-state index in [1.165, 1.54) is 13.0 Å². The molecule has 1 N–H and O–H groups in total. The van der Waals surface area contributed by atoms with Crippen LogP contribution in [0.4, 0.5) is 15.8 Å². The molecule has 2 rings (SSSR count). The van der Waals surface area contributed by atoms with Crippen LogP contribution in [0.3, 0.4) is 0 Å². The molecule has 0 aliphatic rings. The summed E-state index contributed by atoms with van der Waals surface area (Å²) < 4.78 is 17.8. The normalized spacial score (nSPS) is 10.3. The van der Waals surface area contributed by atoms with E-state index in [0.717, 1.165) is 12.5 Å². The molecule has 0 saturated heterocycles. The fraction of sp³-hybridized carbons (Fsp3) is 0.200. The van der Waals surface area contributed by atoms with Gasteiger partial charge in [-0.25, -0.2) is 4.39 Å². The smallest absolute Gasteiger partial charge is 0.295 e. The highest BCUT2D eigenvalue weighted by atomic mass is 19.1. The monoisotopic (exact) mass is 252 g/mol. The first-order chi connectivity index (χ1) is 8.58. The van der Waals surface area contributed by atoms with E-state index in [2.05, 4.69) is 20.0 Å². The lowest BCUT2D eigenvalue weighted by Crippen LogP contribution is -2.05. The number of anilines is 1. The summed E-state index contributed by atoms with van der Waals surface area (Å²) in [4.78, 5) is 13.9. The minimum absolute atomic E-state index is 0.155. The number of hydrogen-bond acceptors (Lipinski definition) is 6. The second-order valence-corrected chi connectivity index (χ2v) is 3.58. The van der Waals surface area contributed by atoms with Crippen LogP contribution in [0.5, 0.6) is 0 Å². The molecule has 0 saturated carbocycles. The van der Waals surface area contributed by atoms with E-state index in [-0.39, 0.29) is 17.9 Å². The Morgan fingerprint density at radius 2 is 2.33 bits per heavy atom. The van der Waals surface area contributed by atoms with Crippen LogP contribution < -0.4 is 5.32 Å². The lowest BCUT2D eigenvalue weighted by Gasteiger charge is -2.06. The van der Waals surface area contributed by atoms with Gasteiger partial charge in [0.05, 0.1) is 17.5 Å². The average Bonchev–Trinajstić information content (AvgIpc) is 2.83. The fourth-order valence-electron chi connectivity index (χ4n) is 1.41. The third kappa shape index (κ3) is 2.42. The van der Waals surface area contributed by atoms with Crippen molar-refractivity contribution < 1.29 is 13.8 Å². The number of halogens is 1. The van der Waals surface area contributed by atoms with Crippen LogP contribution in [0.2, 0.25) is 0 Å². The standard InChI is InChI=1S/C10H9FN4O3/c1-6-2-8(9(15(16)17)3-7(6)11)12-4-10-13-5-18-14-10/h2-3,5,12H,4H2,1H3. The third-order valence-corrected chi connectivity index (χ3v) is 2.32. The molecular formula is C10H9FN4O3. The van der Waals surface area contributed by atoms with Crippen molar-refractivity contribution in [2.45, 2.75) is 13.5 Å². The van der Waals surface area contributed by atoms with Crippen LogP contribution in [-0.2, 0) is 6.54 Å². The van der Waals surface area contributed by atoms with E-state index in [1.54, 1.807) is 0 Å². The fourth-order valence-corrected chi connectivity index (χ4v) is 1.41. The van der Waals surface area contributed by atoms with E-state index < -0.39 is 10.7 Å². The predicted molar refractivity (Wildman–Crippen MR) is 59.4 cm³/mol. The summed E-state index contributed by atoms with van der Waals surface area (Å²) in [5, 5.41) is 17.1. The van der Waals surface area contributed by atoms with Gasteiger partial charge in [0.25, 0.3) is 5.69 Å². The number of aryl methyl sites for hydroxylation is 1. The van der Waals surface area contributed by atoms with E-state index >= 15 is 0 Å². The van der Waals surface area contributed by atoms with Crippen LogP contribution in [-0.4, -0.2) is 15.1 Å². The molecule has 18 heavy (non-hydrogen) atoms. The van der Waals surface area contributed by atoms with Crippen molar-refractivity contribution >= 4 is 11.4 Å². The van der Waals surface area contributed by atoms with Gasteiger partial charge < -0.3 is 9.84 Å². The van der Waals surface area contributed by atoms with E-state index in [9.17, 15) is 14.5 Å². The van der Waals surface area contributed by atoms with Crippen molar-refractivity contribution in [1.82, 2.24) is 10.1 Å². The van der Waals surface area contributed by atoms with Crippen LogP contribution in [0.1, 0.15) is 11.4 Å². The summed E-state index contributed by atoms with van der Waals surface area (Å²) in [5.74, 6) is -0.266. The Morgan fingerprint density at radius 3 is 2.94 bits per heavy atom. The minimum Gasteiger partial charge on any atom is -0.372 e. The second-order valence-electron chi connectivity index (χ2n) is 3.58. The number of nitrogens with zero attached hydrogens (tertiary/aromatic N) is 3. The number of aromatic nitrogens is 2. The van der Waals surface area contributed by atoms with Gasteiger partial charge >= 0.3 is 0 Å². The zero-order valence-corrected chi connectivity index (χ0v) is 9.38. The largest absolute Gasteiger partial charge is 0.372 e. The third-order valence-electron chi connectivity index (χ3n) is 2.32. The molecule has 0 radical (unpaired) electrons. The van der Waals surface area contributed by atoms with Crippen LogP contribution >= 0.6 is 0 Å². The lowest BCUT2D eigenvalue weighted by atomic mass is 10.2. The summed E-state index contributed by atoms with van der Waals surface area (Å²) in [6, 6.07) is 2.25. The Bertz CT molecular complexity index is 571. The molecule has 0 unspecified atom stereocenters. The van der Waals surface area contributed by atoms with Crippen molar-refractivity contribution in [3.05, 3.63) is 45.8 Å². The molecular weight excluding hydrogens is 243 g/mol. The number of nitro benzene ring substituents is 1. The Hall–Kier alpha value is -2.51. The first-order valence-corrected chi connectivity index (χ1v) is 5.01. The Morgan fingerprint density at radius 1 is 1.56 bits per heavy atom. The molecule has 0 spiro atoms. The van der Waals surface area contributed by atoms with Gasteiger partial charge in [0, 0.05) is 0 Å². The van der Waals surface area contributed by atoms with Crippen LogP contribution in [0, 0.1) is 22.9 Å². The van der Waals surface area contributed by atoms with Crippen LogP contribution in [0.25, 0.3) is 0 Å². The highest BCUT2D eigenvalue weighted by molar-refractivity contribution is 5.62. The molecule has 1 aromatic heterocycles. The summed E-state index contributed by atoms with van der Waals surface area (Å²) in [6.45, 7) is 1.68. The van der Waals surface area contributed by atoms with E-state index in [1.807, 2.05) is 0 Å². The second kappa shape index (κ2) is 4.78. The summed E-state index contributed by atoms with van der Waals surface area (Å²) in [5.41, 5.74) is 0.196. The predicted octanol–water partition coefficient (Wildman–Crippen LogP) is 2.04. The molecule has 0 fully saturated rings. The van der Waals surface area contributed by atoms with Gasteiger partial charge in [-0.3, -0.25) is 10.1 Å². The van der Waals surface area contributed by atoms with Crippen LogP contribution in [0.15, 0.2) is 23.0 Å².